The number of thiocarbonyl (C=S) groups is 1. The van der Waals surface area contributed by atoms with Gasteiger partial charge in [0.2, 0.25) is 0 Å². The number of benzene rings is 1. The maximum atomic E-state index is 5.12. The van der Waals surface area contributed by atoms with Crippen LogP contribution in [-0.4, -0.2) is 17.1 Å². The van der Waals surface area contributed by atoms with Crippen LogP contribution in [0.3, 0.4) is 0 Å². The molecule has 0 amide bonds. The summed E-state index contributed by atoms with van der Waals surface area (Å²) >= 11 is 5.12. The van der Waals surface area contributed by atoms with Crippen LogP contribution >= 0.6 is 12.2 Å². The van der Waals surface area contributed by atoms with E-state index < -0.39 is 0 Å². The van der Waals surface area contributed by atoms with Gasteiger partial charge in [0.05, 0.1) is 6.54 Å². The highest BCUT2D eigenvalue weighted by molar-refractivity contribution is 7.80. The van der Waals surface area contributed by atoms with E-state index in [4.69, 9.17) is 12.2 Å². The third-order valence-electron chi connectivity index (χ3n) is 2.08. The van der Waals surface area contributed by atoms with Gasteiger partial charge in [0.15, 0.2) is 0 Å². The first kappa shape index (κ1) is 11.1. The largest absolute Gasteiger partial charge is 0.284 e. The fourth-order valence-corrected chi connectivity index (χ4v) is 1.15. The molecule has 74 valence electrons. The zero-order valence-corrected chi connectivity index (χ0v) is 9.47. The first-order valence-electron chi connectivity index (χ1n) is 4.82. The van der Waals surface area contributed by atoms with E-state index in [0.29, 0.717) is 6.54 Å². The summed E-state index contributed by atoms with van der Waals surface area (Å²) < 4.78 is 0. The van der Waals surface area contributed by atoms with Crippen LogP contribution in [0.5, 0.6) is 0 Å². The van der Waals surface area contributed by atoms with E-state index in [0.717, 1.165) is 17.0 Å². The van der Waals surface area contributed by atoms with Crippen LogP contribution in [-0.2, 0) is 0 Å². The molecule has 0 heterocycles. The highest BCUT2D eigenvalue weighted by Crippen LogP contribution is 2.01. The summed E-state index contributed by atoms with van der Waals surface area (Å²) in [6, 6.07) is 10.2. The molecule has 0 aliphatic carbocycles. The normalized spacial score (nSPS) is 11.4. The molecule has 2 heteroatoms. The molecule has 0 aliphatic heterocycles. The van der Waals surface area contributed by atoms with Crippen molar-refractivity contribution in [3.63, 3.8) is 0 Å². The quantitative estimate of drug-likeness (QED) is 0.543. The summed E-state index contributed by atoms with van der Waals surface area (Å²) in [6.07, 6.45) is 0.931. The molecule has 0 saturated carbocycles. The predicted molar refractivity (Wildman–Crippen MR) is 66.4 cm³/mol. The lowest BCUT2D eigenvalue weighted by Gasteiger charge is -2.00. The second-order valence-corrected chi connectivity index (χ2v) is 3.74. The van der Waals surface area contributed by atoms with Crippen molar-refractivity contribution in [3.8, 4) is 0 Å². The zero-order valence-electron chi connectivity index (χ0n) is 8.66. The molecule has 1 rings (SSSR count). The summed E-state index contributed by atoms with van der Waals surface area (Å²) in [5.74, 6) is 0. The number of rotatable bonds is 4. The lowest BCUT2D eigenvalue weighted by Crippen LogP contribution is -2.01. The van der Waals surface area contributed by atoms with E-state index in [1.54, 1.807) is 0 Å². The molecule has 1 aromatic rings. The Morgan fingerprint density at radius 2 is 1.93 bits per heavy atom. The minimum Gasteiger partial charge on any atom is -0.284 e. The van der Waals surface area contributed by atoms with Gasteiger partial charge in [-0.1, -0.05) is 49.5 Å². The average Bonchev–Trinajstić information content (AvgIpc) is 2.26. The second-order valence-electron chi connectivity index (χ2n) is 3.16. The van der Waals surface area contributed by atoms with E-state index in [2.05, 4.69) is 24.0 Å². The minimum absolute atomic E-state index is 0.673. The van der Waals surface area contributed by atoms with E-state index in [1.807, 2.05) is 25.1 Å². The van der Waals surface area contributed by atoms with E-state index in [-0.39, 0.29) is 0 Å². The van der Waals surface area contributed by atoms with Crippen LogP contribution in [0, 0.1) is 0 Å². The topological polar surface area (TPSA) is 12.4 Å². The molecular weight excluding hydrogens is 190 g/mol. The van der Waals surface area contributed by atoms with Crippen molar-refractivity contribution in [1.29, 1.82) is 0 Å². The molecule has 0 aliphatic rings. The van der Waals surface area contributed by atoms with E-state index in [9.17, 15) is 0 Å². The first-order valence-corrected chi connectivity index (χ1v) is 5.23. The van der Waals surface area contributed by atoms with Gasteiger partial charge in [-0.15, -0.1) is 0 Å². The Morgan fingerprint density at radius 1 is 1.29 bits per heavy atom. The number of hydrogen-bond donors (Lipinski definition) is 0. The van der Waals surface area contributed by atoms with Crippen molar-refractivity contribution < 1.29 is 0 Å². The Morgan fingerprint density at radius 3 is 2.50 bits per heavy atom. The van der Waals surface area contributed by atoms with Gasteiger partial charge in [-0.3, -0.25) is 4.99 Å². The molecule has 0 saturated heterocycles. The van der Waals surface area contributed by atoms with Crippen molar-refractivity contribution in [2.24, 2.45) is 4.99 Å². The Balaban J connectivity index is 2.66. The van der Waals surface area contributed by atoms with Gasteiger partial charge >= 0.3 is 0 Å². The highest BCUT2D eigenvalue weighted by atomic mass is 32.1. The van der Waals surface area contributed by atoms with Gasteiger partial charge in [0.1, 0.15) is 0 Å². The minimum atomic E-state index is 0.673. The Hall–Kier alpha value is -1.02. The second kappa shape index (κ2) is 5.66. The molecule has 1 aromatic carbocycles. The average molecular weight is 205 g/mol. The fourth-order valence-electron chi connectivity index (χ4n) is 1.09. The molecule has 0 unspecified atom stereocenters. The number of aliphatic imine (C=N–C) groups is 1. The van der Waals surface area contributed by atoms with Gasteiger partial charge in [-0.05, 0) is 18.9 Å². The van der Waals surface area contributed by atoms with Crippen molar-refractivity contribution in [2.45, 2.75) is 20.3 Å². The van der Waals surface area contributed by atoms with Crippen molar-refractivity contribution in [2.75, 3.05) is 6.54 Å². The Kier molecular flexibility index (Phi) is 4.47. The number of nitrogens with zero attached hydrogens (tertiary/aromatic N) is 1. The van der Waals surface area contributed by atoms with Crippen molar-refractivity contribution in [3.05, 3.63) is 35.9 Å². The summed E-state index contributed by atoms with van der Waals surface area (Å²) in [5, 5.41) is 0. The highest BCUT2D eigenvalue weighted by Gasteiger charge is 1.95. The SMILES string of the molecule is CCC(=S)CN=C(C)c1ccccc1. The molecule has 0 atom stereocenters. The van der Waals surface area contributed by atoms with Crippen LogP contribution in [0.2, 0.25) is 0 Å². The van der Waals surface area contributed by atoms with Gasteiger partial charge in [-0.25, -0.2) is 0 Å². The van der Waals surface area contributed by atoms with Gasteiger partial charge in [0.25, 0.3) is 0 Å². The summed E-state index contributed by atoms with van der Waals surface area (Å²) in [5.41, 5.74) is 2.23. The predicted octanol–water partition coefficient (Wildman–Crippen LogP) is 3.28. The molecule has 0 bridgehead atoms. The Bertz CT molecular complexity index is 327. The molecule has 0 radical (unpaired) electrons. The third-order valence-corrected chi connectivity index (χ3v) is 2.50. The number of hydrogen-bond acceptors (Lipinski definition) is 2. The van der Waals surface area contributed by atoms with Crippen LogP contribution in [0.1, 0.15) is 25.8 Å². The molecule has 1 nitrogen and oxygen atoms in total. The van der Waals surface area contributed by atoms with Gasteiger partial charge < -0.3 is 0 Å². The molecule has 14 heavy (non-hydrogen) atoms. The smallest absolute Gasteiger partial charge is 0.0705 e. The van der Waals surface area contributed by atoms with Crippen molar-refractivity contribution >= 4 is 22.8 Å². The fraction of sp³-hybridized carbons (Fsp3) is 0.333. The van der Waals surface area contributed by atoms with Crippen LogP contribution in [0.4, 0.5) is 0 Å². The van der Waals surface area contributed by atoms with Crippen molar-refractivity contribution in [1.82, 2.24) is 0 Å². The van der Waals surface area contributed by atoms with E-state index >= 15 is 0 Å². The lowest BCUT2D eigenvalue weighted by molar-refractivity contribution is 1.21. The third kappa shape index (κ3) is 3.38. The molecular formula is C12H15NS. The maximum absolute atomic E-state index is 5.12. The van der Waals surface area contributed by atoms with Gasteiger partial charge in [-0.2, -0.15) is 0 Å². The molecule has 0 aromatic heterocycles. The maximum Gasteiger partial charge on any atom is 0.0705 e. The van der Waals surface area contributed by atoms with Crippen LogP contribution < -0.4 is 0 Å². The summed E-state index contributed by atoms with van der Waals surface area (Å²) in [7, 11) is 0. The molecule has 0 fully saturated rings. The molecule has 0 spiro atoms. The summed E-state index contributed by atoms with van der Waals surface area (Å²) in [4.78, 5) is 5.45. The van der Waals surface area contributed by atoms with Crippen LogP contribution in [0.25, 0.3) is 0 Å². The lowest BCUT2D eigenvalue weighted by atomic mass is 10.1. The summed E-state index contributed by atoms with van der Waals surface area (Å²) in [6.45, 7) is 4.76. The first-order chi connectivity index (χ1) is 6.74. The van der Waals surface area contributed by atoms with Crippen LogP contribution in [0.15, 0.2) is 35.3 Å². The zero-order chi connectivity index (χ0) is 10.4. The standard InChI is InChI=1S/C12H15NS/c1-3-12(14)9-13-10(2)11-7-5-4-6-8-11/h4-8H,3,9H2,1-2H3. The molecule has 0 N–H and O–H groups in total. The van der Waals surface area contributed by atoms with Gasteiger partial charge in [0, 0.05) is 10.6 Å². The monoisotopic (exact) mass is 205 g/mol. The Labute approximate surface area is 90.9 Å². The van der Waals surface area contributed by atoms with E-state index in [1.165, 1.54) is 5.56 Å².